The number of hydrogen-bond donors (Lipinski definition) is 1. The first-order chi connectivity index (χ1) is 10.1. The second-order valence-electron chi connectivity index (χ2n) is 4.46. The summed E-state index contributed by atoms with van der Waals surface area (Å²) in [6, 6.07) is 12.8. The van der Waals surface area contributed by atoms with Crippen molar-refractivity contribution in [2.24, 2.45) is 0 Å². The number of esters is 1. The number of para-hydroxylation sites is 1. The SMILES string of the molecule is N#Cc1cc(COC(=O)Cc2ccccc2N)ccc1F. The minimum Gasteiger partial charge on any atom is -0.461 e. The van der Waals surface area contributed by atoms with Gasteiger partial charge in [0.05, 0.1) is 12.0 Å². The van der Waals surface area contributed by atoms with Crippen LogP contribution in [-0.4, -0.2) is 5.97 Å². The van der Waals surface area contributed by atoms with Crippen molar-refractivity contribution < 1.29 is 13.9 Å². The van der Waals surface area contributed by atoms with E-state index in [1.54, 1.807) is 30.3 Å². The van der Waals surface area contributed by atoms with Gasteiger partial charge in [0.2, 0.25) is 0 Å². The van der Waals surface area contributed by atoms with E-state index in [9.17, 15) is 9.18 Å². The molecule has 106 valence electrons. The van der Waals surface area contributed by atoms with Crippen LogP contribution >= 0.6 is 0 Å². The maximum absolute atomic E-state index is 13.2. The number of carbonyl (C=O) groups excluding carboxylic acids is 1. The van der Waals surface area contributed by atoms with E-state index in [-0.39, 0.29) is 18.6 Å². The molecule has 0 aliphatic heterocycles. The zero-order valence-electron chi connectivity index (χ0n) is 11.2. The first-order valence-corrected chi connectivity index (χ1v) is 6.27. The largest absolute Gasteiger partial charge is 0.461 e. The Hall–Kier alpha value is -2.87. The van der Waals surface area contributed by atoms with E-state index in [1.165, 1.54) is 18.2 Å². The van der Waals surface area contributed by atoms with E-state index in [2.05, 4.69) is 0 Å². The highest BCUT2D eigenvalue weighted by Crippen LogP contribution is 2.13. The minimum absolute atomic E-state index is 0.0134. The van der Waals surface area contributed by atoms with E-state index in [1.807, 2.05) is 0 Å². The van der Waals surface area contributed by atoms with Crippen LogP contribution in [0.5, 0.6) is 0 Å². The summed E-state index contributed by atoms with van der Waals surface area (Å²) in [5.41, 5.74) is 7.45. The highest BCUT2D eigenvalue weighted by Gasteiger charge is 2.09. The monoisotopic (exact) mass is 284 g/mol. The number of halogens is 1. The first-order valence-electron chi connectivity index (χ1n) is 6.27. The van der Waals surface area contributed by atoms with Gasteiger partial charge in [-0.1, -0.05) is 24.3 Å². The Morgan fingerprint density at radius 3 is 2.76 bits per heavy atom. The molecule has 0 radical (unpaired) electrons. The number of nitrogen functional groups attached to an aromatic ring is 1. The third-order valence-corrected chi connectivity index (χ3v) is 2.94. The van der Waals surface area contributed by atoms with E-state index < -0.39 is 11.8 Å². The molecule has 21 heavy (non-hydrogen) atoms. The molecule has 0 bridgehead atoms. The van der Waals surface area contributed by atoms with Crippen LogP contribution in [0.4, 0.5) is 10.1 Å². The molecule has 0 spiro atoms. The minimum atomic E-state index is -0.593. The lowest BCUT2D eigenvalue weighted by molar-refractivity contribution is -0.144. The van der Waals surface area contributed by atoms with Crippen LogP contribution in [0.25, 0.3) is 0 Å². The van der Waals surface area contributed by atoms with Crippen LogP contribution in [0.1, 0.15) is 16.7 Å². The fraction of sp³-hybridized carbons (Fsp3) is 0.125. The predicted octanol–water partition coefficient (Wildman–Crippen LogP) is 2.57. The Kier molecular flexibility index (Phi) is 4.52. The van der Waals surface area contributed by atoms with Crippen molar-refractivity contribution in [2.45, 2.75) is 13.0 Å². The number of anilines is 1. The molecule has 5 heteroatoms. The standard InChI is InChI=1S/C16H13FN2O2/c17-14-6-5-11(7-13(14)9-18)10-21-16(20)8-12-3-1-2-4-15(12)19/h1-7H,8,10,19H2. The number of nitrogens with zero attached hydrogens (tertiary/aromatic N) is 1. The number of carbonyl (C=O) groups is 1. The number of benzene rings is 2. The summed E-state index contributed by atoms with van der Waals surface area (Å²) in [6.45, 7) is -0.0134. The third kappa shape index (κ3) is 3.80. The Labute approximate surface area is 121 Å². The van der Waals surface area contributed by atoms with Gasteiger partial charge < -0.3 is 10.5 Å². The number of nitrogens with two attached hydrogens (primary N) is 1. The van der Waals surface area contributed by atoms with Gasteiger partial charge in [-0.15, -0.1) is 0 Å². The molecule has 0 heterocycles. The van der Waals surface area contributed by atoms with Gasteiger partial charge in [0.15, 0.2) is 0 Å². The molecule has 2 N–H and O–H groups in total. The molecule has 2 aromatic carbocycles. The highest BCUT2D eigenvalue weighted by atomic mass is 19.1. The molecule has 2 rings (SSSR count). The van der Waals surface area contributed by atoms with E-state index in [4.69, 9.17) is 15.7 Å². The number of nitriles is 1. The van der Waals surface area contributed by atoms with Gasteiger partial charge in [0.1, 0.15) is 18.5 Å². The highest BCUT2D eigenvalue weighted by molar-refractivity contribution is 5.74. The predicted molar refractivity (Wildman–Crippen MR) is 75.5 cm³/mol. The van der Waals surface area contributed by atoms with Crippen molar-refractivity contribution in [3.05, 3.63) is 65.0 Å². The molecule has 0 saturated carbocycles. The van der Waals surface area contributed by atoms with Gasteiger partial charge in [-0.05, 0) is 29.3 Å². The third-order valence-electron chi connectivity index (χ3n) is 2.94. The summed E-state index contributed by atoms with van der Waals surface area (Å²) in [5.74, 6) is -1.03. The molecule has 4 nitrogen and oxygen atoms in total. The summed E-state index contributed by atoms with van der Waals surface area (Å²) in [7, 11) is 0. The zero-order valence-corrected chi connectivity index (χ0v) is 11.2. The quantitative estimate of drug-likeness (QED) is 0.691. The molecule has 0 atom stereocenters. The van der Waals surface area contributed by atoms with Crippen LogP contribution in [0.3, 0.4) is 0 Å². The molecule has 0 fully saturated rings. The second kappa shape index (κ2) is 6.53. The normalized spacial score (nSPS) is 9.90. The molecule has 0 aromatic heterocycles. The van der Waals surface area contributed by atoms with Crippen LogP contribution in [0, 0.1) is 17.1 Å². The average molecular weight is 284 g/mol. The van der Waals surface area contributed by atoms with Gasteiger partial charge >= 0.3 is 5.97 Å². The molecular formula is C16H13FN2O2. The number of ether oxygens (including phenoxy) is 1. The van der Waals surface area contributed by atoms with Crippen molar-refractivity contribution >= 4 is 11.7 Å². The first kappa shape index (κ1) is 14.5. The molecule has 0 aliphatic carbocycles. The molecular weight excluding hydrogens is 271 g/mol. The lowest BCUT2D eigenvalue weighted by Gasteiger charge is -2.07. The number of rotatable bonds is 4. The Morgan fingerprint density at radius 1 is 1.29 bits per heavy atom. The van der Waals surface area contributed by atoms with Crippen molar-refractivity contribution in [1.82, 2.24) is 0 Å². The maximum Gasteiger partial charge on any atom is 0.310 e. The van der Waals surface area contributed by atoms with E-state index in [0.717, 1.165) is 0 Å². The Morgan fingerprint density at radius 2 is 2.05 bits per heavy atom. The van der Waals surface area contributed by atoms with E-state index in [0.29, 0.717) is 16.8 Å². The topological polar surface area (TPSA) is 76.1 Å². The van der Waals surface area contributed by atoms with Crippen LogP contribution < -0.4 is 5.73 Å². The van der Waals surface area contributed by atoms with Crippen molar-refractivity contribution in [3.8, 4) is 6.07 Å². The molecule has 0 unspecified atom stereocenters. The zero-order chi connectivity index (χ0) is 15.2. The van der Waals surface area contributed by atoms with Gasteiger partial charge in [-0.25, -0.2) is 4.39 Å². The fourth-order valence-corrected chi connectivity index (χ4v) is 1.81. The average Bonchev–Trinajstić information content (AvgIpc) is 2.49. The van der Waals surface area contributed by atoms with Gasteiger partial charge in [-0.2, -0.15) is 5.26 Å². The van der Waals surface area contributed by atoms with Gasteiger partial charge in [0, 0.05) is 5.69 Å². The molecule has 0 aliphatic rings. The van der Waals surface area contributed by atoms with Crippen molar-refractivity contribution in [2.75, 3.05) is 5.73 Å². The molecule has 0 saturated heterocycles. The van der Waals surface area contributed by atoms with Crippen molar-refractivity contribution in [1.29, 1.82) is 5.26 Å². The summed E-state index contributed by atoms with van der Waals surface area (Å²) < 4.78 is 18.3. The Balaban J connectivity index is 1.96. The van der Waals surface area contributed by atoms with Crippen LogP contribution in [0.15, 0.2) is 42.5 Å². The summed E-state index contributed by atoms with van der Waals surface area (Å²) >= 11 is 0. The smallest absolute Gasteiger partial charge is 0.310 e. The van der Waals surface area contributed by atoms with Gasteiger partial charge in [-0.3, -0.25) is 4.79 Å². The molecule has 2 aromatic rings. The lowest BCUT2D eigenvalue weighted by Crippen LogP contribution is -2.09. The number of hydrogen-bond acceptors (Lipinski definition) is 4. The van der Waals surface area contributed by atoms with Crippen molar-refractivity contribution in [3.63, 3.8) is 0 Å². The summed E-state index contributed by atoms with van der Waals surface area (Å²) in [4.78, 5) is 11.7. The second-order valence-corrected chi connectivity index (χ2v) is 4.46. The van der Waals surface area contributed by atoms with Crippen LogP contribution in [0.2, 0.25) is 0 Å². The summed E-state index contributed by atoms with van der Waals surface area (Å²) in [5, 5.41) is 8.73. The Bertz CT molecular complexity index is 708. The lowest BCUT2D eigenvalue weighted by atomic mass is 10.1. The van der Waals surface area contributed by atoms with Crippen LogP contribution in [-0.2, 0) is 22.6 Å². The fourth-order valence-electron chi connectivity index (χ4n) is 1.81. The molecule has 0 amide bonds. The summed E-state index contributed by atoms with van der Waals surface area (Å²) in [6.07, 6.45) is 0.0684. The maximum atomic E-state index is 13.2. The van der Waals surface area contributed by atoms with Gasteiger partial charge in [0.25, 0.3) is 0 Å². The van der Waals surface area contributed by atoms with E-state index >= 15 is 0 Å².